The molecule has 5 nitrogen and oxygen atoms in total. The number of hydrogen-bond donors (Lipinski definition) is 3. The van der Waals surface area contributed by atoms with Crippen molar-refractivity contribution >= 4 is 11.8 Å². The fourth-order valence-corrected chi connectivity index (χ4v) is 1.34. The van der Waals surface area contributed by atoms with Gasteiger partial charge in [0.25, 0.3) is 0 Å². The van der Waals surface area contributed by atoms with Gasteiger partial charge in [-0.25, -0.2) is 9.18 Å². The van der Waals surface area contributed by atoms with Gasteiger partial charge >= 0.3 is 6.09 Å². The third-order valence-corrected chi connectivity index (χ3v) is 2.02. The van der Waals surface area contributed by atoms with Crippen molar-refractivity contribution in [3.63, 3.8) is 0 Å². The second kappa shape index (κ2) is 5.32. The van der Waals surface area contributed by atoms with Gasteiger partial charge in [-0.05, 0) is 18.2 Å². The molecule has 0 fully saturated rings. The van der Waals surface area contributed by atoms with Gasteiger partial charge in [0.2, 0.25) is 0 Å². The van der Waals surface area contributed by atoms with Crippen LogP contribution >= 0.6 is 0 Å². The maximum absolute atomic E-state index is 13.4. The SMILES string of the molecule is NC(=O)OC(CCO)c1cc(N)ccc1F. The van der Waals surface area contributed by atoms with Crippen LogP contribution in [0.5, 0.6) is 0 Å². The fourth-order valence-electron chi connectivity index (χ4n) is 1.34. The van der Waals surface area contributed by atoms with Crippen molar-refractivity contribution in [2.75, 3.05) is 12.3 Å². The highest BCUT2D eigenvalue weighted by atomic mass is 19.1. The summed E-state index contributed by atoms with van der Waals surface area (Å²) in [6, 6.07) is 3.90. The largest absolute Gasteiger partial charge is 0.441 e. The zero-order chi connectivity index (χ0) is 12.1. The molecule has 88 valence electrons. The molecule has 1 unspecified atom stereocenters. The number of carbonyl (C=O) groups excluding carboxylic acids is 1. The molecule has 1 amide bonds. The van der Waals surface area contributed by atoms with Gasteiger partial charge in [0, 0.05) is 24.3 Å². The van der Waals surface area contributed by atoms with Gasteiger partial charge in [-0.1, -0.05) is 0 Å². The molecule has 1 atom stereocenters. The van der Waals surface area contributed by atoms with Crippen LogP contribution in [-0.2, 0) is 4.74 Å². The number of nitrogens with two attached hydrogens (primary N) is 2. The first kappa shape index (κ1) is 12.3. The number of aliphatic hydroxyl groups excluding tert-OH is 1. The van der Waals surface area contributed by atoms with E-state index in [9.17, 15) is 9.18 Å². The van der Waals surface area contributed by atoms with Gasteiger partial charge in [-0.15, -0.1) is 0 Å². The molecule has 0 aliphatic rings. The minimum Gasteiger partial charge on any atom is -0.441 e. The summed E-state index contributed by atoms with van der Waals surface area (Å²) in [6.07, 6.45) is -1.89. The number of benzene rings is 1. The third kappa shape index (κ3) is 3.09. The lowest BCUT2D eigenvalue weighted by molar-refractivity contribution is 0.0857. The number of ether oxygens (including phenoxy) is 1. The highest BCUT2D eigenvalue weighted by Crippen LogP contribution is 2.25. The molecule has 0 aliphatic carbocycles. The van der Waals surface area contributed by atoms with Gasteiger partial charge in [0.05, 0.1) is 0 Å². The number of amides is 1. The van der Waals surface area contributed by atoms with E-state index in [2.05, 4.69) is 0 Å². The Balaban J connectivity index is 2.99. The van der Waals surface area contributed by atoms with Crippen molar-refractivity contribution in [3.05, 3.63) is 29.6 Å². The molecule has 0 saturated heterocycles. The van der Waals surface area contributed by atoms with Crippen LogP contribution in [0, 0.1) is 5.82 Å². The minimum atomic E-state index is -1.03. The topological polar surface area (TPSA) is 98.6 Å². The van der Waals surface area contributed by atoms with Crippen molar-refractivity contribution in [2.45, 2.75) is 12.5 Å². The Kier molecular flexibility index (Phi) is 4.07. The zero-order valence-corrected chi connectivity index (χ0v) is 8.52. The lowest BCUT2D eigenvalue weighted by atomic mass is 10.1. The second-order valence-electron chi connectivity index (χ2n) is 3.22. The summed E-state index contributed by atoms with van der Waals surface area (Å²) in [5.74, 6) is -0.561. The number of primary amides is 1. The van der Waals surface area contributed by atoms with E-state index in [0.29, 0.717) is 5.69 Å². The Labute approximate surface area is 91.8 Å². The molecule has 0 heterocycles. The third-order valence-electron chi connectivity index (χ3n) is 2.02. The van der Waals surface area contributed by atoms with Crippen LogP contribution < -0.4 is 11.5 Å². The molecule has 5 N–H and O–H groups in total. The predicted octanol–water partition coefficient (Wildman–Crippen LogP) is 0.927. The maximum atomic E-state index is 13.4. The zero-order valence-electron chi connectivity index (χ0n) is 8.52. The first-order valence-corrected chi connectivity index (χ1v) is 4.66. The van der Waals surface area contributed by atoms with E-state index < -0.39 is 18.0 Å². The summed E-state index contributed by atoms with van der Waals surface area (Å²) in [6.45, 7) is -0.258. The summed E-state index contributed by atoms with van der Waals surface area (Å²) in [7, 11) is 0. The van der Waals surface area contributed by atoms with E-state index in [0.717, 1.165) is 0 Å². The van der Waals surface area contributed by atoms with Gasteiger partial charge < -0.3 is 21.3 Å². The molecule has 1 aromatic rings. The van der Waals surface area contributed by atoms with Crippen LogP contribution in [0.25, 0.3) is 0 Å². The van der Waals surface area contributed by atoms with Gasteiger partial charge in [-0.3, -0.25) is 0 Å². The van der Waals surface area contributed by atoms with Crippen molar-refractivity contribution < 1.29 is 19.0 Å². The number of halogens is 1. The predicted molar refractivity (Wildman–Crippen MR) is 55.9 cm³/mol. The van der Waals surface area contributed by atoms with Crippen molar-refractivity contribution in [3.8, 4) is 0 Å². The van der Waals surface area contributed by atoms with E-state index in [1.54, 1.807) is 0 Å². The number of rotatable bonds is 4. The van der Waals surface area contributed by atoms with Crippen molar-refractivity contribution in [1.82, 2.24) is 0 Å². The van der Waals surface area contributed by atoms with Gasteiger partial charge in [0.15, 0.2) is 0 Å². The molecule has 0 radical (unpaired) electrons. The lowest BCUT2D eigenvalue weighted by Crippen LogP contribution is -2.19. The minimum absolute atomic E-state index is 0.0588. The average molecular weight is 228 g/mol. The molecule has 6 heteroatoms. The summed E-state index contributed by atoms with van der Waals surface area (Å²) >= 11 is 0. The Morgan fingerprint density at radius 3 is 2.81 bits per heavy atom. The number of anilines is 1. The van der Waals surface area contributed by atoms with Crippen LogP contribution in [0.4, 0.5) is 14.9 Å². The van der Waals surface area contributed by atoms with E-state index in [1.807, 2.05) is 0 Å². The Bertz CT molecular complexity index is 384. The van der Waals surface area contributed by atoms with Crippen LogP contribution in [0.15, 0.2) is 18.2 Å². The van der Waals surface area contributed by atoms with Crippen LogP contribution in [-0.4, -0.2) is 17.8 Å². The highest BCUT2D eigenvalue weighted by Gasteiger charge is 2.18. The van der Waals surface area contributed by atoms with Crippen LogP contribution in [0.3, 0.4) is 0 Å². The molecule has 0 aromatic heterocycles. The lowest BCUT2D eigenvalue weighted by Gasteiger charge is -2.16. The second-order valence-corrected chi connectivity index (χ2v) is 3.22. The van der Waals surface area contributed by atoms with Crippen molar-refractivity contribution in [2.24, 2.45) is 5.73 Å². The van der Waals surface area contributed by atoms with Gasteiger partial charge in [-0.2, -0.15) is 0 Å². The molecule has 0 bridgehead atoms. The molecule has 1 aromatic carbocycles. The first-order valence-electron chi connectivity index (χ1n) is 4.66. The Hall–Kier alpha value is -1.82. The Morgan fingerprint density at radius 2 is 2.25 bits per heavy atom. The summed E-state index contributed by atoms with van der Waals surface area (Å²) < 4.78 is 18.1. The quantitative estimate of drug-likeness (QED) is 0.667. The Morgan fingerprint density at radius 1 is 1.56 bits per heavy atom. The van der Waals surface area contributed by atoms with Crippen LogP contribution in [0.1, 0.15) is 18.1 Å². The average Bonchev–Trinajstić information content (AvgIpc) is 2.20. The monoisotopic (exact) mass is 228 g/mol. The molecular weight excluding hydrogens is 215 g/mol. The highest BCUT2D eigenvalue weighted by molar-refractivity contribution is 5.65. The smallest absolute Gasteiger partial charge is 0.405 e. The normalized spacial score (nSPS) is 12.1. The molecular formula is C10H13FN2O3. The molecule has 16 heavy (non-hydrogen) atoms. The number of nitrogen functional groups attached to an aromatic ring is 1. The van der Waals surface area contributed by atoms with Crippen molar-refractivity contribution in [1.29, 1.82) is 0 Å². The van der Waals surface area contributed by atoms with E-state index in [1.165, 1.54) is 18.2 Å². The van der Waals surface area contributed by atoms with E-state index in [4.69, 9.17) is 21.3 Å². The summed E-state index contributed by atoms with van der Waals surface area (Å²) in [5.41, 5.74) is 10.8. The number of hydrogen-bond acceptors (Lipinski definition) is 4. The summed E-state index contributed by atoms with van der Waals surface area (Å²) in [5, 5.41) is 8.79. The first-order chi connectivity index (χ1) is 7.54. The fraction of sp³-hybridized carbons (Fsp3) is 0.300. The molecule has 0 spiro atoms. The van der Waals surface area contributed by atoms with Crippen LogP contribution in [0.2, 0.25) is 0 Å². The maximum Gasteiger partial charge on any atom is 0.405 e. The standard InChI is InChI=1S/C10H13FN2O3/c11-8-2-1-6(12)5-7(8)9(3-4-14)16-10(13)15/h1-2,5,9,14H,3-4,12H2,(H2,13,15). The summed E-state index contributed by atoms with van der Waals surface area (Å²) in [4.78, 5) is 10.6. The number of aliphatic hydroxyl groups is 1. The molecule has 0 aliphatic heterocycles. The van der Waals surface area contributed by atoms with E-state index >= 15 is 0 Å². The van der Waals surface area contributed by atoms with Gasteiger partial charge in [0.1, 0.15) is 11.9 Å². The molecule has 1 rings (SSSR count). The molecule has 0 saturated carbocycles. The number of carbonyl (C=O) groups is 1. The van der Waals surface area contributed by atoms with E-state index in [-0.39, 0.29) is 18.6 Å².